The summed E-state index contributed by atoms with van der Waals surface area (Å²) in [7, 11) is 0. The Morgan fingerprint density at radius 3 is 2.40 bits per heavy atom. The molecule has 0 bridgehead atoms. The lowest BCUT2D eigenvalue weighted by atomic mass is 10.1. The molecule has 2 aromatic carbocycles. The second-order valence-electron chi connectivity index (χ2n) is 5.29. The zero-order valence-corrected chi connectivity index (χ0v) is 13.4. The Morgan fingerprint density at radius 2 is 1.76 bits per heavy atom. The summed E-state index contributed by atoms with van der Waals surface area (Å²) in [6.45, 7) is 0.323. The highest BCUT2D eigenvalue weighted by Gasteiger charge is 2.13. The van der Waals surface area contributed by atoms with Crippen LogP contribution in [0.2, 0.25) is 0 Å². The van der Waals surface area contributed by atoms with Gasteiger partial charge >= 0.3 is 5.97 Å². The van der Waals surface area contributed by atoms with Gasteiger partial charge < -0.3 is 20.9 Å². The van der Waals surface area contributed by atoms with Crippen molar-refractivity contribution in [3.05, 3.63) is 59.7 Å². The van der Waals surface area contributed by atoms with Crippen LogP contribution in [0, 0.1) is 0 Å². The highest BCUT2D eigenvalue weighted by Crippen LogP contribution is 2.23. The number of amides is 2. The van der Waals surface area contributed by atoms with Crippen molar-refractivity contribution in [1.29, 1.82) is 0 Å². The van der Waals surface area contributed by atoms with Gasteiger partial charge in [-0.1, -0.05) is 30.3 Å². The second kappa shape index (κ2) is 8.49. The largest absolute Gasteiger partial charge is 0.489 e. The van der Waals surface area contributed by atoms with Crippen LogP contribution >= 0.6 is 0 Å². The summed E-state index contributed by atoms with van der Waals surface area (Å²) in [5.74, 6) is -1.88. The lowest BCUT2D eigenvalue weighted by Gasteiger charge is -2.12. The summed E-state index contributed by atoms with van der Waals surface area (Å²) in [5, 5.41) is 11.1. The highest BCUT2D eigenvalue weighted by atomic mass is 16.5. The number of rotatable bonds is 8. The predicted octanol–water partition coefficient (Wildman–Crippen LogP) is 2.17. The van der Waals surface area contributed by atoms with Crippen molar-refractivity contribution < 1.29 is 24.2 Å². The zero-order chi connectivity index (χ0) is 18.2. The standard InChI is InChI=1S/C18H18N2O5/c19-18(24)14-10-13(25-11-12-4-2-1-3-5-12)6-7-15(14)20-16(21)8-9-17(22)23/h1-7,10H,8-9,11H2,(H2,19,24)(H,20,21)(H,22,23). The Balaban J connectivity index is 2.07. The van der Waals surface area contributed by atoms with Crippen molar-refractivity contribution in [3.63, 3.8) is 0 Å². The van der Waals surface area contributed by atoms with Crippen molar-refractivity contribution in [3.8, 4) is 5.75 Å². The molecule has 0 aliphatic rings. The average molecular weight is 342 g/mol. The van der Waals surface area contributed by atoms with Gasteiger partial charge in [-0.2, -0.15) is 0 Å². The Kier molecular flexibility index (Phi) is 6.11. The van der Waals surface area contributed by atoms with E-state index in [9.17, 15) is 14.4 Å². The van der Waals surface area contributed by atoms with Crippen molar-refractivity contribution in [2.75, 3.05) is 5.32 Å². The molecule has 130 valence electrons. The first-order valence-corrected chi connectivity index (χ1v) is 7.58. The Hall–Kier alpha value is -3.35. The Bertz CT molecular complexity index is 774. The first kappa shape index (κ1) is 18.0. The molecule has 0 saturated carbocycles. The summed E-state index contributed by atoms with van der Waals surface area (Å²) < 4.78 is 5.62. The number of hydrogen-bond donors (Lipinski definition) is 3. The SMILES string of the molecule is NC(=O)c1cc(OCc2ccccc2)ccc1NC(=O)CCC(=O)O. The Morgan fingerprint density at radius 1 is 1.04 bits per heavy atom. The van der Waals surface area contributed by atoms with Crippen LogP contribution in [0.4, 0.5) is 5.69 Å². The number of nitrogens with two attached hydrogens (primary N) is 1. The predicted molar refractivity (Wildman–Crippen MR) is 91.2 cm³/mol. The first-order chi connectivity index (χ1) is 12.0. The van der Waals surface area contributed by atoms with Gasteiger partial charge in [0.05, 0.1) is 17.7 Å². The molecule has 0 aromatic heterocycles. The number of anilines is 1. The number of carbonyl (C=O) groups excluding carboxylic acids is 2. The lowest BCUT2D eigenvalue weighted by molar-refractivity contribution is -0.138. The number of benzene rings is 2. The van der Waals surface area contributed by atoms with E-state index in [0.717, 1.165) is 5.56 Å². The number of carboxylic acid groups (broad SMARTS) is 1. The lowest BCUT2D eigenvalue weighted by Crippen LogP contribution is -2.19. The molecule has 2 rings (SSSR count). The number of carboxylic acids is 1. The van der Waals surface area contributed by atoms with Gasteiger partial charge in [0.2, 0.25) is 5.91 Å². The van der Waals surface area contributed by atoms with E-state index in [1.807, 2.05) is 30.3 Å². The van der Waals surface area contributed by atoms with E-state index in [2.05, 4.69) is 5.32 Å². The fourth-order valence-electron chi connectivity index (χ4n) is 2.10. The topological polar surface area (TPSA) is 119 Å². The van der Waals surface area contributed by atoms with Gasteiger partial charge in [-0.05, 0) is 23.8 Å². The normalized spacial score (nSPS) is 10.1. The monoisotopic (exact) mass is 342 g/mol. The quantitative estimate of drug-likeness (QED) is 0.679. The number of primary amides is 1. The molecule has 0 radical (unpaired) electrons. The number of hydrogen-bond acceptors (Lipinski definition) is 4. The van der Waals surface area contributed by atoms with Gasteiger partial charge in [0.1, 0.15) is 12.4 Å². The molecule has 4 N–H and O–H groups in total. The molecule has 25 heavy (non-hydrogen) atoms. The molecule has 0 fully saturated rings. The molecule has 0 spiro atoms. The maximum absolute atomic E-state index is 11.7. The smallest absolute Gasteiger partial charge is 0.303 e. The number of ether oxygens (including phenoxy) is 1. The van der Waals surface area contributed by atoms with Crippen molar-refractivity contribution in [2.24, 2.45) is 5.73 Å². The number of nitrogens with one attached hydrogen (secondary N) is 1. The van der Waals surface area contributed by atoms with Gasteiger partial charge in [-0.15, -0.1) is 0 Å². The van der Waals surface area contributed by atoms with Crippen LogP contribution in [0.25, 0.3) is 0 Å². The summed E-state index contributed by atoms with van der Waals surface area (Å²) in [6, 6.07) is 14.0. The summed E-state index contributed by atoms with van der Waals surface area (Å²) in [4.78, 5) is 33.8. The molecule has 0 unspecified atom stereocenters. The maximum atomic E-state index is 11.7. The third kappa shape index (κ3) is 5.65. The van der Waals surface area contributed by atoms with Crippen LogP contribution in [-0.4, -0.2) is 22.9 Å². The molecule has 7 nitrogen and oxygen atoms in total. The maximum Gasteiger partial charge on any atom is 0.303 e. The molecule has 0 aliphatic heterocycles. The third-order valence-corrected chi connectivity index (χ3v) is 3.34. The van der Waals surface area contributed by atoms with Gasteiger partial charge in [0.15, 0.2) is 0 Å². The van der Waals surface area contributed by atoms with E-state index in [1.165, 1.54) is 12.1 Å². The summed E-state index contributed by atoms with van der Waals surface area (Å²) in [5.41, 5.74) is 6.63. The van der Waals surface area contributed by atoms with Crippen LogP contribution < -0.4 is 15.8 Å². The fourth-order valence-corrected chi connectivity index (χ4v) is 2.10. The van der Waals surface area contributed by atoms with E-state index in [4.69, 9.17) is 15.6 Å². The van der Waals surface area contributed by atoms with Crippen LogP contribution in [0.1, 0.15) is 28.8 Å². The molecule has 0 heterocycles. The van der Waals surface area contributed by atoms with E-state index in [0.29, 0.717) is 12.4 Å². The minimum Gasteiger partial charge on any atom is -0.489 e. The van der Waals surface area contributed by atoms with Crippen molar-refractivity contribution >= 4 is 23.5 Å². The molecule has 2 amide bonds. The summed E-state index contributed by atoms with van der Waals surface area (Å²) in [6.07, 6.45) is -0.490. The highest BCUT2D eigenvalue weighted by molar-refractivity contribution is 6.03. The van der Waals surface area contributed by atoms with Crippen LogP contribution in [0.15, 0.2) is 48.5 Å². The van der Waals surface area contributed by atoms with E-state index in [-0.39, 0.29) is 24.1 Å². The van der Waals surface area contributed by atoms with Gasteiger partial charge in [-0.25, -0.2) is 0 Å². The molecule has 0 aliphatic carbocycles. The van der Waals surface area contributed by atoms with Crippen LogP contribution in [0.5, 0.6) is 5.75 Å². The second-order valence-corrected chi connectivity index (χ2v) is 5.29. The zero-order valence-electron chi connectivity index (χ0n) is 13.4. The summed E-state index contributed by atoms with van der Waals surface area (Å²) >= 11 is 0. The molecule has 0 saturated heterocycles. The van der Waals surface area contributed by atoms with E-state index < -0.39 is 17.8 Å². The van der Waals surface area contributed by atoms with Crippen molar-refractivity contribution in [2.45, 2.75) is 19.4 Å². The first-order valence-electron chi connectivity index (χ1n) is 7.58. The van der Waals surface area contributed by atoms with Crippen molar-refractivity contribution in [1.82, 2.24) is 0 Å². The molecule has 0 atom stereocenters. The van der Waals surface area contributed by atoms with Gasteiger partial charge in [0, 0.05) is 6.42 Å². The minimum absolute atomic E-state index is 0.0919. The molecular formula is C18H18N2O5. The minimum atomic E-state index is -1.07. The fraction of sp³-hybridized carbons (Fsp3) is 0.167. The van der Waals surface area contributed by atoms with Gasteiger partial charge in [-0.3, -0.25) is 14.4 Å². The molecule has 7 heteroatoms. The average Bonchev–Trinajstić information content (AvgIpc) is 2.59. The number of carbonyl (C=O) groups is 3. The Labute approximate surface area is 144 Å². The molecular weight excluding hydrogens is 324 g/mol. The van der Waals surface area contributed by atoms with E-state index >= 15 is 0 Å². The van der Waals surface area contributed by atoms with E-state index in [1.54, 1.807) is 6.07 Å². The van der Waals surface area contributed by atoms with Gasteiger partial charge in [0.25, 0.3) is 5.91 Å². The molecule has 2 aromatic rings. The van der Waals surface area contributed by atoms with Crippen LogP contribution in [-0.2, 0) is 16.2 Å². The number of aliphatic carboxylic acids is 1. The van der Waals surface area contributed by atoms with Crippen LogP contribution in [0.3, 0.4) is 0 Å². The third-order valence-electron chi connectivity index (χ3n) is 3.34.